The molecule has 1 amide bonds. The number of benzene rings is 2. The molecule has 0 saturated carbocycles. The number of ether oxygens (including phenoxy) is 1. The molecular weight excluding hydrogens is 458 g/mol. The third kappa shape index (κ3) is 4.97. The van der Waals surface area contributed by atoms with Crippen LogP contribution in [0.5, 0.6) is 5.75 Å². The Hall–Kier alpha value is -3.16. The lowest BCUT2D eigenvalue weighted by molar-refractivity contribution is 0.0781. The molecule has 2 heterocycles. The number of pyridine rings is 1. The van der Waals surface area contributed by atoms with E-state index < -0.39 is 0 Å². The van der Waals surface area contributed by atoms with Crippen molar-refractivity contribution in [2.45, 2.75) is 26.8 Å². The van der Waals surface area contributed by atoms with Gasteiger partial charge in [0.1, 0.15) is 10.3 Å². The first-order chi connectivity index (χ1) is 17.0. The van der Waals surface area contributed by atoms with Crippen LogP contribution in [0.4, 0.5) is 0 Å². The zero-order valence-electron chi connectivity index (χ0n) is 20.9. The highest BCUT2D eigenvalue weighted by atomic mass is 32.1. The van der Waals surface area contributed by atoms with Crippen molar-refractivity contribution in [2.75, 3.05) is 40.3 Å². The molecule has 4 rings (SSSR count). The quantitative estimate of drug-likeness (QED) is 0.317. The Morgan fingerprint density at radius 2 is 1.69 bits per heavy atom. The first-order valence-corrected chi connectivity index (χ1v) is 13.0. The van der Waals surface area contributed by atoms with Crippen LogP contribution in [0.2, 0.25) is 0 Å². The zero-order chi connectivity index (χ0) is 24.9. The van der Waals surface area contributed by atoms with E-state index in [1.54, 1.807) is 4.90 Å². The van der Waals surface area contributed by atoms with Gasteiger partial charge in [0.25, 0.3) is 11.5 Å². The second-order valence-electron chi connectivity index (χ2n) is 8.63. The number of likely N-dealkylation sites (N-methyl/N-ethyl adjacent to an activating group) is 2. The second-order valence-corrected chi connectivity index (χ2v) is 9.65. The Labute approximate surface area is 210 Å². The van der Waals surface area contributed by atoms with Crippen LogP contribution >= 0.6 is 11.3 Å². The van der Waals surface area contributed by atoms with Crippen LogP contribution < -0.4 is 10.3 Å². The first kappa shape index (κ1) is 24.9. The minimum atomic E-state index is -0.118. The summed E-state index contributed by atoms with van der Waals surface area (Å²) in [6.45, 7) is 8.09. The molecule has 0 N–H and O–H groups in total. The molecule has 4 aromatic rings. The van der Waals surface area contributed by atoms with Gasteiger partial charge in [0.15, 0.2) is 5.75 Å². The number of rotatable bonds is 10. The molecule has 0 atom stereocenters. The maximum Gasteiger partial charge on any atom is 0.267 e. The largest absolute Gasteiger partial charge is 0.494 e. The number of aryl methyl sites for hydroxylation is 2. The minimum absolute atomic E-state index is 0.116. The van der Waals surface area contributed by atoms with Crippen molar-refractivity contribution in [3.63, 3.8) is 0 Å². The lowest BCUT2D eigenvalue weighted by Crippen LogP contribution is -2.36. The van der Waals surface area contributed by atoms with E-state index in [1.807, 2.05) is 54.1 Å². The Bertz CT molecular complexity index is 1370. The summed E-state index contributed by atoms with van der Waals surface area (Å²) in [5, 5.41) is 1.45. The zero-order valence-corrected chi connectivity index (χ0v) is 21.7. The van der Waals surface area contributed by atoms with Gasteiger partial charge in [-0.15, -0.1) is 11.3 Å². The lowest BCUT2D eigenvalue weighted by atomic mass is 10.1. The van der Waals surface area contributed by atoms with Crippen molar-refractivity contribution in [1.82, 2.24) is 14.4 Å². The highest BCUT2D eigenvalue weighted by molar-refractivity contribution is 7.22. The first-order valence-electron chi connectivity index (χ1n) is 12.1. The van der Waals surface area contributed by atoms with Crippen LogP contribution in [0.25, 0.3) is 21.0 Å². The molecule has 0 unspecified atom stereocenters. The van der Waals surface area contributed by atoms with Gasteiger partial charge in [-0.05, 0) is 31.1 Å². The summed E-state index contributed by atoms with van der Waals surface area (Å²) in [4.78, 5) is 31.7. The van der Waals surface area contributed by atoms with E-state index in [1.165, 1.54) is 24.0 Å². The number of para-hydroxylation sites is 1. The number of carbonyl (C=O) groups excluding carboxylic acids is 1. The number of aromatic nitrogens is 1. The standard InChI is InChI=1S/C28H33N3O3S/c1-5-30(6-2)19-18-29(3)28(33)26-24(34-4)23-25(35-26)21-14-10-11-15-22(21)31(27(23)32)17-16-20-12-8-7-9-13-20/h7-15H,5-6,16-19H2,1-4H3. The van der Waals surface area contributed by atoms with E-state index >= 15 is 0 Å². The number of hydrogen-bond donors (Lipinski definition) is 0. The smallest absolute Gasteiger partial charge is 0.267 e. The molecular formula is C28H33N3O3S. The minimum Gasteiger partial charge on any atom is -0.494 e. The summed E-state index contributed by atoms with van der Waals surface area (Å²) in [6.07, 6.45) is 0.739. The topological polar surface area (TPSA) is 54.8 Å². The molecule has 0 spiro atoms. The van der Waals surface area contributed by atoms with Gasteiger partial charge in [-0.3, -0.25) is 9.59 Å². The highest BCUT2D eigenvalue weighted by Crippen LogP contribution is 2.40. The van der Waals surface area contributed by atoms with E-state index in [0.717, 1.165) is 41.7 Å². The van der Waals surface area contributed by atoms with E-state index in [0.29, 0.717) is 29.1 Å². The van der Waals surface area contributed by atoms with E-state index in [-0.39, 0.29) is 11.5 Å². The third-order valence-electron chi connectivity index (χ3n) is 6.62. The van der Waals surface area contributed by atoms with Gasteiger partial charge in [0, 0.05) is 32.1 Å². The van der Waals surface area contributed by atoms with Crippen LogP contribution in [-0.2, 0) is 13.0 Å². The maximum atomic E-state index is 13.8. The van der Waals surface area contributed by atoms with Crippen molar-refractivity contribution < 1.29 is 9.53 Å². The van der Waals surface area contributed by atoms with Crippen molar-refractivity contribution in [1.29, 1.82) is 0 Å². The van der Waals surface area contributed by atoms with Crippen LogP contribution in [0.15, 0.2) is 59.4 Å². The van der Waals surface area contributed by atoms with Gasteiger partial charge in [0.2, 0.25) is 0 Å². The summed E-state index contributed by atoms with van der Waals surface area (Å²) in [5.74, 6) is 0.267. The fourth-order valence-electron chi connectivity index (χ4n) is 4.49. The molecule has 0 saturated heterocycles. The summed E-state index contributed by atoms with van der Waals surface area (Å²) < 4.78 is 8.35. The van der Waals surface area contributed by atoms with Crippen LogP contribution in [0.3, 0.4) is 0 Å². The fraction of sp³-hybridized carbons (Fsp3) is 0.357. The molecule has 7 heteroatoms. The highest BCUT2D eigenvalue weighted by Gasteiger charge is 2.26. The molecule has 0 radical (unpaired) electrons. The monoisotopic (exact) mass is 491 g/mol. The van der Waals surface area contributed by atoms with Crippen molar-refractivity contribution in [3.05, 3.63) is 75.4 Å². The molecule has 0 aliphatic carbocycles. The number of hydrogen-bond acceptors (Lipinski definition) is 5. The summed E-state index contributed by atoms with van der Waals surface area (Å²) in [6, 6.07) is 18.1. The van der Waals surface area contributed by atoms with Crippen LogP contribution in [0.1, 0.15) is 29.1 Å². The number of methoxy groups -OCH3 is 1. The predicted molar refractivity (Wildman–Crippen MR) is 145 cm³/mol. The molecule has 2 aromatic heterocycles. The SMILES string of the molecule is CCN(CC)CCN(C)C(=O)c1sc2c(c1OC)c(=O)n(CCc1ccccc1)c1ccccc21. The third-order valence-corrected chi connectivity index (χ3v) is 7.81. The van der Waals surface area contributed by atoms with Crippen LogP contribution in [0, 0.1) is 0 Å². The van der Waals surface area contributed by atoms with Crippen LogP contribution in [-0.4, -0.2) is 60.6 Å². The van der Waals surface area contributed by atoms with Crippen molar-refractivity contribution in [2.24, 2.45) is 0 Å². The summed E-state index contributed by atoms with van der Waals surface area (Å²) in [7, 11) is 3.35. The van der Waals surface area contributed by atoms with Crippen molar-refractivity contribution in [3.8, 4) is 5.75 Å². The number of nitrogens with zero attached hydrogens (tertiary/aromatic N) is 3. The van der Waals surface area contributed by atoms with Gasteiger partial charge in [0.05, 0.1) is 17.3 Å². The Kier molecular flexibility index (Phi) is 7.88. The van der Waals surface area contributed by atoms with E-state index in [2.05, 4.69) is 30.9 Å². The van der Waals surface area contributed by atoms with Crippen molar-refractivity contribution >= 4 is 38.2 Å². The van der Waals surface area contributed by atoms with Gasteiger partial charge in [-0.2, -0.15) is 0 Å². The molecule has 6 nitrogen and oxygen atoms in total. The number of thiophene rings is 1. The lowest BCUT2D eigenvalue weighted by Gasteiger charge is -2.23. The fourth-order valence-corrected chi connectivity index (χ4v) is 5.78. The Morgan fingerprint density at radius 1 is 1.00 bits per heavy atom. The average Bonchev–Trinajstić information content (AvgIpc) is 3.29. The van der Waals surface area contributed by atoms with E-state index in [4.69, 9.17) is 4.74 Å². The molecule has 0 aliphatic heterocycles. The predicted octanol–water partition coefficient (Wildman–Crippen LogP) is 4.88. The van der Waals surface area contributed by atoms with E-state index in [9.17, 15) is 9.59 Å². The van der Waals surface area contributed by atoms with Gasteiger partial charge >= 0.3 is 0 Å². The molecule has 0 aliphatic rings. The summed E-state index contributed by atoms with van der Waals surface area (Å²) in [5.41, 5.74) is 1.93. The number of amides is 1. The molecule has 0 fully saturated rings. The number of carbonyl (C=O) groups is 1. The molecule has 0 bridgehead atoms. The second kappa shape index (κ2) is 11.1. The Morgan fingerprint density at radius 3 is 2.37 bits per heavy atom. The molecule has 184 valence electrons. The average molecular weight is 492 g/mol. The summed E-state index contributed by atoms with van der Waals surface area (Å²) >= 11 is 1.35. The van der Waals surface area contributed by atoms with Gasteiger partial charge < -0.3 is 19.1 Å². The number of fused-ring (bicyclic) bond motifs is 3. The normalized spacial score (nSPS) is 11.5. The maximum absolute atomic E-state index is 13.8. The molecule has 35 heavy (non-hydrogen) atoms. The van der Waals surface area contributed by atoms with Gasteiger partial charge in [-0.25, -0.2) is 0 Å². The van der Waals surface area contributed by atoms with Gasteiger partial charge in [-0.1, -0.05) is 62.4 Å². The Balaban J connectivity index is 1.78. The molecule has 2 aromatic carbocycles.